The number of rotatable bonds is 5. The van der Waals surface area contributed by atoms with Crippen molar-refractivity contribution < 1.29 is 4.92 Å². The number of nitrogen functional groups attached to an aromatic ring is 1. The van der Waals surface area contributed by atoms with Gasteiger partial charge >= 0.3 is 5.69 Å². The molecule has 0 atom stereocenters. The van der Waals surface area contributed by atoms with Crippen LogP contribution in [-0.4, -0.2) is 21.4 Å². The fraction of sp³-hybridized carbons (Fsp3) is 0.200. The second-order valence-electron chi connectivity index (χ2n) is 3.60. The Balaban J connectivity index is 1.93. The molecule has 2 rings (SSSR count). The minimum Gasteiger partial charge on any atom is -0.378 e. The fourth-order valence-electron chi connectivity index (χ4n) is 1.40. The van der Waals surface area contributed by atoms with Gasteiger partial charge in [0.15, 0.2) is 0 Å². The molecule has 0 radical (unpaired) electrons. The van der Waals surface area contributed by atoms with Crippen molar-refractivity contribution in [3.05, 3.63) is 37.7 Å². The van der Waals surface area contributed by atoms with Crippen LogP contribution in [0.15, 0.2) is 18.3 Å². The third-order valence-corrected chi connectivity index (χ3v) is 3.57. The summed E-state index contributed by atoms with van der Waals surface area (Å²) in [4.78, 5) is 18.7. The number of thiophene rings is 1. The third-order valence-electron chi connectivity index (χ3n) is 2.28. The zero-order valence-electron chi connectivity index (χ0n) is 9.67. The van der Waals surface area contributed by atoms with Crippen LogP contribution in [-0.2, 0) is 6.42 Å². The highest BCUT2D eigenvalue weighted by Gasteiger charge is 2.13. The molecule has 100 valence electrons. The topological polar surface area (TPSA) is 107 Å². The minimum absolute atomic E-state index is 0.151. The number of nitro groups is 1. The van der Waals surface area contributed by atoms with Gasteiger partial charge in [0.25, 0.3) is 0 Å². The zero-order chi connectivity index (χ0) is 13.8. The average molecular weight is 300 g/mol. The van der Waals surface area contributed by atoms with E-state index >= 15 is 0 Å². The maximum atomic E-state index is 10.5. The van der Waals surface area contributed by atoms with Crippen molar-refractivity contribution in [3.63, 3.8) is 0 Å². The van der Waals surface area contributed by atoms with Crippen LogP contribution in [0.2, 0.25) is 4.34 Å². The van der Waals surface area contributed by atoms with Crippen LogP contribution in [0.1, 0.15) is 4.88 Å². The van der Waals surface area contributed by atoms with Crippen LogP contribution < -0.4 is 11.1 Å². The van der Waals surface area contributed by atoms with Crippen molar-refractivity contribution in [1.82, 2.24) is 9.97 Å². The molecule has 0 bridgehead atoms. The van der Waals surface area contributed by atoms with Gasteiger partial charge < -0.3 is 11.1 Å². The van der Waals surface area contributed by atoms with E-state index in [0.29, 0.717) is 6.54 Å². The van der Waals surface area contributed by atoms with Gasteiger partial charge in [0.1, 0.15) is 6.20 Å². The van der Waals surface area contributed by atoms with E-state index in [9.17, 15) is 10.1 Å². The Morgan fingerprint density at radius 2 is 2.32 bits per heavy atom. The monoisotopic (exact) mass is 299 g/mol. The van der Waals surface area contributed by atoms with E-state index in [1.54, 1.807) is 0 Å². The van der Waals surface area contributed by atoms with Crippen LogP contribution in [0.25, 0.3) is 0 Å². The molecule has 0 fully saturated rings. The fourth-order valence-corrected chi connectivity index (χ4v) is 2.49. The molecule has 3 N–H and O–H groups in total. The summed E-state index contributed by atoms with van der Waals surface area (Å²) in [5.74, 6) is 0.118. The number of anilines is 2. The molecule has 19 heavy (non-hydrogen) atoms. The molecule has 9 heteroatoms. The molecule has 0 spiro atoms. The summed E-state index contributed by atoms with van der Waals surface area (Å²) in [7, 11) is 0. The molecule has 7 nitrogen and oxygen atoms in total. The lowest BCUT2D eigenvalue weighted by molar-refractivity contribution is -0.384. The molecular weight excluding hydrogens is 290 g/mol. The highest BCUT2D eigenvalue weighted by molar-refractivity contribution is 7.16. The van der Waals surface area contributed by atoms with Crippen molar-refractivity contribution in [3.8, 4) is 0 Å². The second kappa shape index (κ2) is 5.81. The predicted molar refractivity (Wildman–Crippen MR) is 74.6 cm³/mol. The summed E-state index contributed by atoms with van der Waals surface area (Å²) in [5, 5.41) is 13.5. The van der Waals surface area contributed by atoms with Crippen LogP contribution in [0.4, 0.5) is 17.5 Å². The molecule has 0 amide bonds. The van der Waals surface area contributed by atoms with Crippen LogP contribution in [0, 0.1) is 10.1 Å². The lowest BCUT2D eigenvalue weighted by atomic mass is 10.3. The van der Waals surface area contributed by atoms with Crippen molar-refractivity contribution >= 4 is 40.4 Å². The first-order chi connectivity index (χ1) is 9.06. The first-order valence-electron chi connectivity index (χ1n) is 5.31. The van der Waals surface area contributed by atoms with Gasteiger partial charge in [-0.3, -0.25) is 10.1 Å². The number of nitrogens with one attached hydrogen (secondary N) is 1. The Morgan fingerprint density at radius 1 is 1.53 bits per heavy atom. The molecule has 0 unspecified atom stereocenters. The quantitative estimate of drug-likeness (QED) is 0.648. The second-order valence-corrected chi connectivity index (χ2v) is 5.40. The minimum atomic E-state index is -0.618. The number of halogens is 1. The number of hydrogen-bond donors (Lipinski definition) is 2. The normalized spacial score (nSPS) is 10.4. The number of nitrogens with two attached hydrogens (primary N) is 1. The summed E-state index contributed by atoms with van der Waals surface area (Å²) in [5.41, 5.74) is 5.16. The maximum absolute atomic E-state index is 10.5. The van der Waals surface area contributed by atoms with Gasteiger partial charge in [-0.25, -0.2) is 4.98 Å². The predicted octanol–water partition coefficient (Wildman–Crippen LogP) is 2.34. The molecule has 0 aliphatic carbocycles. The third kappa shape index (κ3) is 3.52. The van der Waals surface area contributed by atoms with Crippen molar-refractivity contribution in [2.45, 2.75) is 6.42 Å². The van der Waals surface area contributed by atoms with Crippen molar-refractivity contribution in [1.29, 1.82) is 0 Å². The van der Waals surface area contributed by atoms with E-state index in [0.717, 1.165) is 21.8 Å². The van der Waals surface area contributed by atoms with Gasteiger partial charge in [0.2, 0.25) is 11.8 Å². The number of nitrogens with zero attached hydrogens (tertiary/aromatic N) is 3. The van der Waals surface area contributed by atoms with E-state index in [2.05, 4.69) is 15.3 Å². The Morgan fingerprint density at radius 3 is 2.89 bits per heavy atom. The molecule has 0 saturated heterocycles. The highest BCUT2D eigenvalue weighted by atomic mass is 35.5. The van der Waals surface area contributed by atoms with Gasteiger partial charge in [-0.1, -0.05) is 11.6 Å². The smallest absolute Gasteiger partial charge is 0.329 e. The van der Waals surface area contributed by atoms with E-state index < -0.39 is 4.92 Å². The van der Waals surface area contributed by atoms with Crippen LogP contribution >= 0.6 is 22.9 Å². The van der Waals surface area contributed by atoms with E-state index in [-0.39, 0.29) is 17.5 Å². The lowest BCUT2D eigenvalue weighted by Crippen LogP contribution is -2.09. The number of aromatic nitrogens is 2. The summed E-state index contributed by atoms with van der Waals surface area (Å²) in [6.07, 6.45) is 1.85. The molecular formula is C10H10ClN5O2S. The van der Waals surface area contributed by atoms with E-state index in [4.69, 9.17) is 17.3 Å². The molecule has 2 aromatic heterocycles. The summed E-state index contributed by atoms with van der Waals surface area (Å²) >= 11 is 7.32. The Bertz CT molecular complexity index is 603. The van der Waals surface area contributed by atoms with Crippen molar-refractivity contribution in [2.75, 3.05) is 17.6 Å². The van der Waals surface area contributed by atoms with Gasteiger partial charge in [-0.05, 0) is 18.6 Å². The van der Waals surface area contributed by atoms with Crippen LogP contribution in [0.5, 0.6) is 0 Å². The van der Waals surface area contributed by atoms with Crippen molar-refractivity contribution in [2.24, 2.45) is 0 Å². The van der Waals surface area contributed by atoms with Gasteiger partial charge in [0.05, 0.1) is 9.26 Å². The van der Waals surface area contributed by atoms with Gasteiger partial charge in [-0.15, -0.1) is 11.3 Å². The SMILES string of the molecule is Nc1nc(NCCc2ccc(Cl)s2)ncc1[N+](=O)[O-]. The molecule has 2 heterocycles. The molecule has 0 aliphatic heterocycles. The Labute approximate surface area is 117 Å². The Hall–Kier alpha value is -1.93. The van der Waals surface area contributed by atoms with Crippen LogP contribution in [0.3, 0.4) is 0 Å². The zero-order valence-corrected chi connectivity index (χ0v) is 11.2. The summed E-state index contributed by atoms with van der Waals surface area (Å²) in [6, 6.07) is 3.78. The van der Waals surface area contributed by atoms with Gasteiger partial charge in [-0.2, -0.15) is 4.98 Å². The first-order valence-corrected chi connectivity index (χ1v) is 6.50. The van der Waals surface area contributed by atoms with Gasteiger partial charge in [0, 0.05) is 11.4 Å². The van der Waals surface area contributed by atoms with E-state index in [1.807, 2.05) is 12.1 Å². The standard InChI is InChI=1S/C10H10ClN5O2S/c11-8-2-1-6(19-8)3-4-13-10-14-5-7(16(17)18)9(12)15-10/h1-2,5H,3-4H2,(H3,12,13,14,15). The number of hydrogen-bond acceptors (Lipinski definition) is 7. The molecule has 2 aromatic rings. The Kier molecular flexibility index (Phi) is 4.13. The molecule has 0 aliphatic rings. The average Bonchev–Trinajstić information content (AvgIpc) is 2.75. The summed E-state index contributed by atoms with van der Waals surface area (Å²) in [6.45, 7) is 0.591. The maximum Gasteiger partial charge on any atom is 0.329 e. The first kappa shape index (κ1) is 13.5. The highest BCUT2D eigenvalue weighted by Crippen LogP contribution is 2.22. The largest absolute Gasteiger partial charge is 0.378 e. The summed E-state index contributed by atoms with van der Waals surface area (Å²) < 4.78 is 0.742. The molecule has 0 saturated carbocycles. The molecule has 0 aromatic carbocycles. The lowest BCUT2D eigenvalue weighted by Gasteiger charge is -2.04. The van der Waals surface area contributed by atoms with E-state index in [1.165, 1.54) is 11.3 Å².